The minimum Gasteiger partial charge on any atom is -0.398 e. The summed E-state index contributed by atoms with van der Waals surface area (Å²) in [7, 11) is 0. The number of nitrogen functional groups attached to an aromatic ring is 1. The molecule has 0 atom stereocenters. The third kappa shape index (κ3) is 1.37. The van der Waals surface area contributed by atoms with E-state index in [1.807, 2.05) is 19.2 Å². The number of hydrogen-bond donors (Lipinski definition) is 2. The van der Waals surface area contributed by atoms with Crippen molar-refractivity contribution < 1.29 is 0 Å². The quantitative estimate of drug-likeness (QED) is 0.673. The zero-order valence-electron chi connectivity index (χ0n) is 8.33. The standard InChI is InChI=1S/C11H13N3/c1-7-5-8(2)10(12)6-9(7)11-13-3-4-14-11/h3-6H,12H2,1-2H3,(H,13,14). The Labute approximate surface area is 83.0 Å². The molecule has 3 N–H and O–H groups in total. The molecule has 0 radical (unpaired) electrons. The number of anilines is 1. The lowest BCUT2D eigenvalue weighted by molar-refractivity contribution is 1.27. The molecule has 0 bridgehead atoms. The highest BCUT2D eigenvalue weighted by Gasteiger charge is 2.05. The molecule has 3 nitrogen and oxygen atoms in total. The lowest BCUT2D eigenvalue weighted by Gasteiger charge is -2.06. The molecule has 1 aromatic heterocycles. The molecule has 1 heterocycles. The Kier molecular flexibility index (Phi) is 2.00. The summed E-state index contributed by atoms with van der Waals surface area (Å²) < 4.78 is 0. The van der Waals surface area contributed by atoms with Crippen molar-refractivity contribution in [2.45, 2.75) is 13.8 Å². The lowest BCUT2D eigenvalue weighted by Crippen LogP contribution is -1.93. The molecule has 0 aliphatic rings. The van der Waals surface area contributed by atoms with Gasteiger partial charge in [-0.15, -0.1) is 0 Å². The fraction of sp³-hybridized carbons (Fsp3) is 0.182. The Morgan fingerprint density at radius 1 is 1.21 bits per heavy atom. The van der Waals surface area contributed by atoms with Crippen molar-refractivity contribution in [1.82, 2.24) is 9.97 Å². The smallest absolute Gasteiger partial charge is 0.137 e. The highest BCUT2D eigenvalue weighted by Crippen LogP contribution is 2.24. The zero-order valence-corrected chi connectivity index (χ0v) is 8.33. The number of nitrogens with two attached hydrogens (primary N) is 1. The summed E-state index contributed by atoms with van der Waals surface area (Å²) in [5, 5.41) is 0. The van der Waals surface area contributed by atoms with Crippen LogP contribution in [-0.4, -0.2) is 9.97 Å². The Morgan fingerprint density at radius 3 is 2.64 bits per heavy atom. The van der Waals surface area contributed by atoms with Crippen LogP contribution in [0.5, 0.6) is 0 Å². The van der Waals surface area contributed by atoms with Gasteiger partial charge in [-0.1, -0.05) is 6.07 Å². The van der Waals surface area contributed by atoms with Gasteiger partial charge in [0.25, 0.3) is 0 Å². The monoisotopic (exact) mass is 187 g/mol. The van der Waals surface area contributed by atoms with Crippen molar-refractivity contribution in [2.75, 3.05) is 5.73 Å². The van der Waals surface area contributed by atoms with Gasteiger partial charge in [-0.2, -0.15) is 0 Å². The molecule has 0 fully saturated rings. The van der Waals surface area contributed by atoms with Crippen molar-refractivity contribution >= 4 is 5.69 Å². The number of aromatic amines is 1. The lowest BCUT2D eigenvalue weighted by atomic mass is 10.0. The number of hydrogen-bond acceptors (Lipinski definition) is 2. The first-order valence-electron chi connectivity index (χ1n) is 4.55. The Balaban J connectivity index is 2.60. The van der Waals surface area contributed by atoms with Crippen LogP contribution in [0, 0.1) is 13.8 Å². The molecular weight excluding hydrogens is 174 g/mol. The maximum Gasteiger partial charge on any atom is 0.137 e. The first-order chi connectivity index (χ1) is 6.68. The molecule has 0 unspecified atom stereocenters. The molecule has 0 aliphatic heterocycles. The Hall–Kier alpha value is -1.77. The minimum atomic E-state index is 0.807. The fourth-order valence-electron chi connectivity index (χ4n) is 1.54. The second-order valence-electron chi connectivity index (χ2n) is 3.46. The average Bonchev–Trinajstić information content (AvgIpc) is 2.64. The SMILES string of the molecule is Cc1cc(C)c(-c2ncc[nH]2)cc1N. The topological polar surface area (TPSA) is 54.7 Å². The number of aromatic nitrogens is 2. The molecule has 0 saturated carbocycles. The van der Waals surface area contributed by atoms with Crippen LogP contribution in [0.3, 0.4) is 0 Å². The number of imidazole rings is 1. The van der Waals surface area contributed by atoms with Gasteiger partial charge in [0.15, 0.2) is 0 Å². The van der Waals surface area contributed by atoms with Gasteiger partial charge in [0.05, 0.1) is 0 Å². The molecule has 1 aromatic carbocycles. The zero-order chi connectivity index (χ0) is 10.1. The number of nitrogens with zero attached hydrogens (tertiary/aromatic N) is 1. The van der Waals surface area contributed by atoms with Crippen LogP contribution >= 0.6 is 0 Å². The first kappa shape index (κ1) is 8.81. The van der Waals surface area contributed by atoms with E-state index in [2.05, 4.69) is 23.0 Å². The van der Waals surface area contributed by atoms with E-state index < -0.39 is 0 Å². The number of rotatable bonds is 1. The van der Waals surface area contributed by atoms with Gasteiger partial charge in [0.2, 0.25) is 0 Å². The predicted octanol–water partition coefficient (Wildman–Crippen LogP) is 2.28. The first-order valence-corrected chi connectivity index (χ1v) is 4.55. The second-order valence-corrected chi connectivity index (χ2v) is 3.46. The molecule has 14 heavy (non-hydrogen) atoms. The Morgan fingerprint density at radius 2 is 2.00 bits per heavy atom. The average molecular weight is 187 g/mol. The maximum absolute atomic E-state index is 5.85. The van der Waals surface area contributed by atoms with Crippen LogP contribution in [0.4, 0.5) is 5.69 Å². The molecule has 0 aliphatic carbocycles. The fourth-order valence-corrected chi connectivity index (χ4v) is 1.54. The predicted molar refractivity (Wildman–Crippen MR) is 57.9 cm³/mol. The summed E-state index contributed by atoms with van der Waals surface area (Å²) in [6.45, 7) is 4.07. The van der Waals surface area contributed by atoms with Crippen LogP contribution in [0.15, 0.2) is 24.5 Å². The van der Waals surface area contributed by atoms with E-state index in [0.29, 0.717) is 0 Å². The minimum absolute atomic E-state index is 0.807. The molecule has 0 spiro atoms. The van der Waals surface area contributed by atoms with Gasteiger partial charge in [0.1, 0.15) is 5.82 Å². The second kappa shape index (κ2) is 3.18. The van der Waals surface area contributed by atoms with E-state index in [9.17, 15) is 0 Å². The molecule has 3 heteroatoms. The normalized spacial score (nSPS) is 10.4. The molecule has 72 valence electrons. The van der Waals surface area contributed by atoms with Crippen LogP contribution in [-0.2, 0) is 0 Å². The van der Waals surface area contributed by atoms with Crippen molar-refractivity contribution in [1.29, 1.82) is 0 Å². The maximum atomic E-state index is 5.85. The summed E-state index contributed by atoms with van der Waals surface area (Å²) >= 11 is 0. The molecule has 0 saturated heterocycles. The summed E-state index contributed by atoms with van der Waals surface area (Å²) in [4.78, 5) is 7.28. The van der Waals surface area contributed by atoms with Crippen molar-refractivity contribution in [2.24, 2.45) is 0 Å². The Bertz CT molecular complexity index is 444. The van der Waals surface area contributed by atoms with Crippen molar-refractivity contribution in [3.05, 3.63) is 35.7 Å². The van der Waals surface area contributed by atoms with Crippen molar-refractivity contribution in [3.63, 3.8) is 0 Å². The summed E-state index contributed by atoms with van der Waals surface area (Å²) in [5.41, 5.74) is 10.0. The van der Waals surface area contributed by atoms with E-state index in [1.54, 1.807) is 6.20 Å². The number of H-pyrrole nitrogens is 1. The van der Waals surface area contributed by atoms with Gasteiger partial charge >= 0.3 is 0 Å². The van der Waals surface area contributed by atoms with Crippen LogP contribution < -0.4 is 5.73 Å². The summed E-state index contributed by atoms with van der Waals surface area (Å²) in [5.74, 6) is 0.870. The van der Waals surface area contributed by atoms with Gasteiger partial charge in [-0.3, -0.25) is 0 Å². The summed E-state index contributed by atoms with van der Waals surface area (Å²) in [6.07, 6.45) is 3.55. The molecular formula is C11H13N3. The number of aryl methyl sites for hydroxylation is 2. The van der Waals surface area contributed by atoms with E-state index in [4.69, 9.17) is 5.73 Å². The van der Waals surface area contributed by atoms with Crippen LogP contribution in [0.2, 0.25) is 0 Å². The van der Waals surface area contributed by atoms with Crippen LogP contribution in [0.25, 0.3) is 11.4 Å². The van der Waals surface area contributed by atoms with E-state index in [1.165, 1.54) is 5.56 Å². The van der Waals surface area contributed by atoms with Gasteiger partial charge in [-0.25, -0.2) is 4.98 Å². The molecule has 2 rings (SSSR count). The van der Waals surface area contributed by atoms with E-state index in [0.717, 1.165) is 22.6 Å². The number of nitrogens with one attached hydrogen (secondary N) is 1. The van der Waals surface area contributed by atoms with E-state index in [-0.39, 0.29) is 0 Å². The highest BCUT2D eigenvalue weighted by atomic mass is 14.9. The van der Waals surface area contributed by atoms with Crippen LogP contribution in [0.1, 0.15) is 11.1 Å². The van der Waals surface area contributed by atoms with Gasteiger partial charge in [0, 0.05) is 23.6 Å². The highest BCUT2D eigenvalue weighted by molar-refractivity contribution is 5.67. The number of benzene rings is 1. The van der Waals surface area contributed by atoms with Crippen molar-refractivity contribution in [3.8, 4) is 11.4 Å². The third-order valence-electron chi connectivity index (χ3n) is 2.37. The largest absolute Gasteiger partial charge is 0.398 e. The summed E-state index contributed by atoms with van der Waals surface area (Å²) in [6, 6.07) is 4.04. The third-order valence-corrected chi connectivity index (χ3v) is 2.37. The molecule has 2 aromatic rings. The van der Waals surface area contributed by atoms with Gasteiger partial charge < -0.3 is 10.7 Å². The molecule has 0 amide bonds. The van der Waals surface area contributed by atoms with Gasteiger partial charge in [-0.05, 0) is 31.0 Å². The van der Waals surface area contributed by atoms with E-state index >= 15 is 0 Å².